The largest absolute Gasteiger partial charge is 0.489 e. The SMILES string of the molecule is NC(=O)c1ccc(COc2ccc(CO)cc2)c(F)c1. The molecule has 4 nitrogen and oxygen atoms in total. The number of carbonyl (C=O) groups is 1. The van der Waals surface area contributed by atoms with Crippen molar-refractivity contribution >= 4 is 5.91 Å². The molecule has 0 aromatic heterocycles. The molecule has 0 unspecified atom stereocenters. The van der Waals surface area contributed by atoms with Crippen LogP contribution in [0.2, 0.25) is 0 Å². The van der Waals surface area contributed by atoms with Gasteiger partial charge in [-0.3, -0.25) is 4.79 Å². The second-order valence-corrected chi connectivity index (χ2v) is 4.26. The molecule has 0 fully saturated rings. The standard InChI is InChI=1S/C15H14FNO3/c16-14-7-11(15(17)19)3-4-12(14)9-20-13-5-1-10(8-18)2-6-13/h1-7,18H,8-9H2,(H2,17,19). The number of halogens is 1. The summed E-state index contributed by atoms with van der Waals surface area (Å²) in [7, 11) is 0. The van der Waals surface area contributed by atoms with Gasteiger partial charge in [0.1, 0.15) is 18.2 Å². The lowest BCUT2D eigenvalue weighted by Crippen LogP contribution is -2.11. The van der Waals surface area contributed by atoms with Crippen molar-refractivity contribution in [3.05, 3.63) is 65.0 Å². The van der Waals surface area contributed by atoms with Gasteiger partial charge in [-0.25, -0.2) is 4.39 Å². The fourth-order valence-electron chi connectivity index (χ4n) is 1.67. The molecule has 0 bridgehead atoms. The number of benzene rings is 2. The summed E-state index contributed by atoms with van der Waals surface area (Å²) in [5.74, 6) is -0.634. The molecule has 0 heterocycles. The third-order valence-corrected chi connectivity index (χ3v) is 2.84. The predicted molar refractivity (Wildman–Crippen MR) is 71.6 cm³/mol. The molecule has 0 spiro atoms. The zero-order valence-corrected chi connectivity index (χ0v) is 10.7. The number of primary amides is 1. The summed E-state index contributed by atoms with van der Waals surface area (Å²) in [5, 5.41) is 8.92. The van der Waals surface area contributed by atoms with Crippen molar-refractivity contribution in [2.45, 2.75) is 13.2 Å². The van der Waals surface area contributed by atoms with Crippen molar-refractivity contribution in [1.82, 2.24) is 0 Å². The van der Waals surface area contributed by atoms with Crippen LogP contribution in [-0.2, 0) is 13.2 Å². The number of aliphatic hydroxyl groups is 1. The Morgan fingerprint density at radius 3 is 2.45 bits per heavy atom. The molecule has 0 atom stereocenters. The van der Waals surface area contributed by atoms with Crippen LogP contribution >= 0.6 is 0 Å². The molecule has 0 aliphatic carbocycles. The molecule has 2 rings (SSSR count). The first-order valence-corrected chi connectivity index (χ1v) is 6.01. The van der Waals surface area contributed by atoms with Crippen LogP contribution in [0.3, 0.4) is 0 Å². The van der Waals surface area contributed by atoms with Gasteiger partial charge in [0.25, 0.3) is 0 Å². The summed E-state index contributed by atoms with van der Waals surface area (Å²) >= 11 is 0. The molecule has 1 amide bonds. The zero-order chi connectivity index (χ0) is 14.5. The lowest BCUT2D eigenvalue weighted by atomic mass is 10.1. The van der Waals surface area contributed by atoms with E-state index in [1.807, 2.05) is 0 Å². The van der Waals surface area contributed by atoms with Gasteiger partial charge >= 0.3 is 0 Å². The second kappa shape index (κ2) is 6.16. The van der Waals surface area contributed by atoms with Crippen LogP contribution in [0, 0.1) is 5.82 Å². The Kier molecular flexibility index (Phi) is 4.32. The minimum Gasteiger partial charge on any atom is -0.489 e. The van der Waals surface area contributed by atoms with Gasteiger partial charge in [0.05, 0.1) is 6.61 Å². The van der Waals surface area contributed by atoms with Crippen molar-refractivity contribution in [3.63, 3.8) is 0 Å². The van der Waals surface area contributed by atoms with E-state index in [0.717, 1.165) is 11.6 Å². The molecule has 20 heavy (non-hydrogen) atoms. The van der Waals surface area contributed by atoms with E-state index in [2.05, 4.69) is 0 Å². The number of nitrogens with two attached hydrogens (primary N) is 1. The molecular weight excluding hydrogens is 261 g/mol. The van der Waals surface area contributed by atoms with Crippen molar-refractivity contribution < 1.29 is 19.0 Å². The van der Waals surface area contributed by atoms with Crippen LogP contribution in [0.1, 0.15) is 21.5 Å². The number of ether oxygens (including phenoxy) is 1. The third kappa shape index (κ3) is 3.33. The molecule has 0 radical (unpaired) electrons. The highest BCUT2D eigenvalue weighted by molar-refractivity contribution is 5.92. The second-order valence-electron chi connectivity index (χ2n) is 4.26. The van der Waals surface area contributed by atoms with Gasteiger partial charge in [-0.15, -0.1) is 0 Å². The summed E-state index contributed by atoms with van der Waals surface area (Å²) in [4.78, 5) is 10.9. The van der Waals surface area contributed by atoms with Crippen LogP contribution in [0.25, 0.3) is 0 Å². The van der Waals surface area contributed by atoms with Gasteiger partial charge in [-0.1, -0.05) is 18.2 Å². The number of hydrogen-bond acceptors (Lipinski definition) is 3. The third-order valence-electron chi connectivity index (χ3n) is 2.84. The maximum Gasteiger partial charge on any atom is 0.248 e. The smallest absolute Gasteiger partial charge is 0.248 e. The summed E-state index contributed by atoms with van der Waals surface area (Å²) in [6, 6.07) is 10.9. The molecule has 0 saturated heterocycles. The Balaban J connectivity index is 2.04. The first kappa shape index (κ1) is 14.0. The maximum absolute atomic E-state index is 13.7. The average molecular weight is 275 g/mol. The Morgan fingerprint density at radius 1 is 1.20 bits per heavy atom. The average Bonchev–Trinajstić information content (AvgIpc) is 2.46. The molecule has 3 N–H and O–H groups in total. The summed E-state index contributed by atoms with van der Waals surface area (Å²) in [6.45, 7) is 0.00678. The van der Waals surface area contributed by atoms with E-state index in [0.29, 0.717) is 11.3 Å². The Bertz CT molecular complexity index is 611. The molecule has 104 valence electrons. The van der Waals surface area contributed by atoms with Crippen LogP contribution in [0.5, 0.6) is 5.75 Å². The van der Waals surface area contributed by atoms with Gasteiger partial charge in [0.2, 0.25) is 5.91 Å². The number of rotatable bonds is 5. The maximum atomic E-state index is 13.7. The normalized spacial score (nSPS) is 10.3. The van der Waals surface area contributed by atoms with Crippen LogP contribution < -0.4 is 10.5 Å². The Labute approximate surface area is 115 Å². The summed E-state index contributed by atoms with van der Waals surface area (Å²) in [6.07, 6.45) is 0. The number of hydrogen-bond donors (Lipinski definition) is 2. The fraction of sp³-hybridized carbons (Fsp3) is 0.133. The van der Waals surface area contributed by atoms with Crippen molar-refractivity contribution in [2.75, 3.05) is 0 Å². The highest BCUT2D eigenvalue weighted by Gasteiger charge is 2.07. The summed E-state index contributed by atoms with van der Waals surface area (Å²) < 4.78 is 19.1. The minimum atomic E-state index is -0.670. The Morgan fingerprint density at radius 2 is 1.90 bits per heavy atom. The highest BCUT2D eigenvalue weighted by Crippen LogP contribution is 2.16. The monoisotopic (exact) mass is 275 g/mol. The molecular formula is C15H14FNO3. The van der Waals surface area contributed by atoms with Gasteiger partial charge < -0.3 is 15.6 Å². The molecule has 2 aromatic rings. The van der Waals surface area contributed by atoms with Crippen molar-refractivity contribution in [2.24, 2.45) is 5.73 Å². The predicted octanol–water partition coefficient (Wildman–Crippen LogP) is 2.00. The van der Waals surface area contributed by atoms with Crippen LogP contribution in [0.4, 0.5) is 4.39 Å². The lowest BCUT2D eigenvalue weighted by Gasteiger charge is -2.08. The number of amides is 1. The molecule has 2 aromatic carbocycles. The molecule has 5 heteroatoms. The van der Waals surface area contributed by atoms with E-state index < -0.39 is 11.7 Å². The van der Waals surface area contributed by atoms with E-state index in [4.69, 9.17) is 15.6 Å². The number of aliphatic hydroxyl groups excluding tert-OH is 1. The first-order chi connectivity index (χ1) is 9.60. The van der Waals surface area contributed by atoms with E-state index in [1.54, 1.807) is 24.3 Å². The van der Waals surface area contributed by atoms with E-state index in [-0.39, 0.29) is 18.8 Å². The minimum absolute atomic E-state index is 0.0382. The highest BCUT2D eigenvalue weighted by atomic mass is 19.1. The van der Waals surface area contributed by atoms with Crippen LogP contribution in [-0.4, -0.2) is 11.0 Å². The van der Waals surface area contributed by atoms with E-state index in [9.17, 15) is 9.18 Å². The summed E-state index contributed by atoms with van der Waals surface area (Å²) in [5.41, 5.74) is 6.30. The molecule has 0 saturated carbocycles. The van der Waals surface area contributed by atoms with Crippen molar-refractivity contribution in [3.8, 4) is 5.75 Å². The molecule has 0 aliphatic heterocycles. The van der Waals surface area contributed by atoms with Gasteiger partial charge in [-0.2, -0.15) is 0 Å². The van der Waals surface area contributed by atoms with Crippen molar-refractivity contribution in [1.29, 1.82) is 0 Å². The lowest BCUT2D eigenvalue weighted by molar-refractivity contribution is 0.0999. The topological polar surface area (TPSA) is 72.6 Å². The Hall–Kier alpha value is -2.40. The first-order valence-electron chi connectivity index (χ1n) is 6.01. The van der Waals surface area contributed by atoms with Gasteiger partial charge in [0.15, 0.2) is 0 Å². The van der Waals surface area contributed by atoms with Gasteiger partial charge in [0, 0.05) is 11.1 Å². The fourth-order valence-corrected chi connectivity index (χ4v) is 1.67. The number of carbonyl (C=O) groups excluding carboxylic acids is 1. The van der Waals surface area contributed by atoms with E-state index in [1.165, 1.54) is 12.1 Å². The van der Waals surface area contributed by atoms with Crippen LogP contribution in [0.15, 0.2) is 42.5 Å². The van der Waals surface area contributed by atoms with Gasteiger partial charge in [-0.05, 0) is 29.8 Å². The molecule has 0 aliphatic rings. The van der Waals surface area contributed by atoms with E-state index >= 15 is 0 Å². The zero-order valence-electron chi connectivity index (χ0n) is 10.7. The quantitative estimate of drug-likeness (QED) is 0.876.